The molecule has 2 nitrogen and oxygen atoms in total. The molecule has 2 aromatic rings. The van der Waals surface area contributed by atoms with Crippen molar-refractivity contribution in [2.45, 2.75) is 13.5 Å². The van der Waals surface area contributed by atoms with Crippen LogP contribution in [0.15, 0.2) is 48.5 Å². The van der Waals surface area contributed by atoms with Crippen molar-refractivity contribution < 1.29 is 9.84 Å². The largest absolute Gasteiger partial charge is 0.457 e. The number of hydrogen-bond acceptors (Lipinski definition) is 2. The predicted molar refractivity (Wildman–Crippen MR) is 63.6 cm³/mol. The molecule has 0 amide bonds. The van der Waals surface area contributed by atoms with E-state index in [0.717, 1.165) is 22.6 Å². The van der Waals surface area contributed by atoms with Gasteiger partial charge in [0.1, 0.15) is 11.5 Å². The molecule has 0 aliphatic heterocycles. The first kappa shape index (κ1) is 10.7. The van der Waals surface area contributed by atoms with E-state index in [1.807, 2.05) is 55.5 Å². The van der Waals surface area contributed by atoms with Gasteiger partial charge in [-0.2, -0.15) is 0 Å². The molecule has 0 radical (unpaired) electrons. The van der Waals surface area contributed by atoms with Crippen molar-refractivity contribution in [1.29, 1.82) is 0 Å². The van der Waals surface area contributed by atoms with E-state index >= 15 is 0 Å². The summed E-state index contributed by atoms with van der Waals surface area (Å²) < 4.78 is 5.66. The zero-order valence-electron chi connectivity index (χ0n) is 9.18. The van der Waals surface area contributed by atoms with Gasteiger partial charge >= 0.3 is 0 Å². The summed E-state index contributed by atoms with van der Waals surface area (Å²) in [6.07, 6.45) is 0. The molecule has 82 valence electrons. The van der Waals surface area contributed by atoms with Gasteiger partial charge in [0.05, 0.1) is 6.61 Å². The number of benzene rings is 2. The summed E-state index contributed by atoms with van der Waals surface area (Å²) in [7, 11) is 0. The van der Waals surface area contributed by atoms with Gasteiger partial charge in [-0.15, -0.1) is 0 Å². The van der Waals surface area contributed by atoms with Crippen molar-refractivity contribution in [1.82, 2.24) is 0 Å². The van der Waals surface area contributed by atoms with E-state index in [1.165, 1.54) is 0 Å². The van der Waals surface area contributed by atoms with Crippen molar-refractivity contribution in [3.63, 3.8) is 0 Å². The third-order valence-electron chi connectivity index (χ3n) is 2.47. The number of aliphatic hydroxyl groups excluding tert-OH is 1. The molecule has 0 atom stereocenters. The molecule has 0 unspecified atom stereocenters. The Hall–Kier alpha value is -1.80. The second-order valence-corrected chi connectivity index (χ2v) is 3.66. The van der Waals surface area contributed by atoms with Crippen LogP contribution in [0.2, 0.25) is 0 Å². The Balaban J connectivity index is 2.22. The quantitative estimate of drug-likeness (QED) is 0.849. The lowest BCUT2D eigenvalue weighted by atomic mass is 10.1. The first-order valence-electron chi connectivity index (χ1n) is 5.23. The maximum Gasteiger partial charge on any atom is 0.127 e. The molecular weight excluding hydrogens is 200 g/mol. The van der Waals surface area contributed by atoms with Crippen LogP contribution in [0.5, 0.6) is 11.5 Å². The average Bonchev–Trinajstić information content (AvgIpc) is 2.33. The molecule has 0 spiro atoms. The molecule has 2 heteroatoms. The van der Waals surface area contributed by atoms with E-state index < -0.39 is 0 Å². The fraction of sp³-hybridized carbons (Fsp3) is 0.143. The second kappa shape index (κ2) is 4.81. The Kier molecular flexibility index (Phi) is 3.22. The summed E-state index contributed by atoms with van der Waals surface area (Å²) in [6.45, 7) is 2.01. The molecular formula is C14H14O2. The summed E-state index contributed by atoms with van der Waals surface area (Å²) in [6, 6.07) is 15.3. The van der Waals surface area contributed by atoms with Crippen molar-refractivity contribution in [2.75, 3.05) is 0 Å². The molecule has 0 aliphatic rings. The van der Waals surface area contributed by atoms with E-state index in [4.69, 9.17) is 9.84 Å². The predicted octanol–water partition coefficient (Wildman–Crippen LogP) is 3.28. The molecule has 0 aliphatic carbocycles. The smallest absolute Gasteiger partial charge is 0.127 e. The second-order valence-electron chi connectivity index (χ2n) is 3.66. The topological polar surface area (TPSA) is 29.5 Å². The third-order valence-corrected chi connectivity index (χ3v) is 2.47. The number of rotatable bonds is 3. The minimum Gasteiger partial charge on any atom is -0.457 e. The monoisotopic (exact) mass is 214 g/mol. The lowest BCUT2D eigenvalue weighted by molar-refractivity contribution is 0.280. The van der Waals surface area contributed by atoms with E-state index in [1.54, 1.807) is 0 Å². The Bertz CT molecular complexity index is 463. The molecule has 0 saturated heterocycles. The van der Waals surface area contributed by atoms with Gasteiger partial charge in [0, 0.05) is 0 Å². The van der Waals surface area contributed by atoms with E-state index in [0.29, 0.717) is 0 Å². The molecule has 1 N–H and O–H groups in total. The van der Waals surface area contributed by atoms with Crippen LogP contribution in [-0.4, -0.2) is 5.11 Å². The lowest BCUT2D eigenvalue weighted by Crippen LogP contribution is -1.90. The highest BCUT2D eigenvalue weighted by molar-refractivity contribution is 5.37. The molecule has 0 heterocycles. The first-order valence-corrected chi connectivity index (χ1v) is 5.23. The maximum absolute atomic E-state index is 9.15. The molecule has 0 saturated carbocycles. The summed E-state index contributed by atoms with van der Waals surface area (Å²) in [4.78, 5) is 0. The normalized spacial score (nSPS) is 10.1. The summed E-state index contributed by atoms with van der Waals surface area (Å²) in [5.41, 5.74) is 1.97. The molecule has 0 aromatic heterocycles. The summed E-state index contributed by atoms with van der Waals surface area (Å²) in [5.74, 6) is 1.55. The standard InChI is InChI=1S/C14H14O2/c1-11-7-8-14(9-12(11)10-15)16-13-5-3-2-4-6-13/h2-9,15H,10H2,1H3. The van der Waals surface area contributed by atoms with Crippen LogP contribution in [0.3, 0.4) is 0 Å². The number of ether oxygens (including phenoxy) is 1. The maximum atomic E-state index is 9.15. The summed E-state index contributed by atoms with van der Waals surface area (Å²) >= 11 is 0. The number of para-hydroxylation sites is 1. The molecule has 2 aromatic carbocycles. The first-order chi connectivity index (χ1) is 7.79. The zero-order valence-corrected chi connectivity index (χ0v) is 9.18. The van der Waals surface area contributed by atoms with Gasteiger partial charge in [0.2, 0.25) is 0 Å². The van der Waals surface area contributed by atoms with Gasteiger partial charge in [-0.25, -0.2) is 0 Å². The summed E-state index contributed by atoms with van der Waals surface area (Å²) in [5, 5.41) is 9.15. The van der Waals surface area contributed by atoms with Crippen molar-refractivity contribution in [3.05, 3.63) is 59.7 Å². The van der Waals surface area contributed by atoms with Crippen molar-refractivity contribution >= 4 is 0 Å². The fourth-order valence-electron chi connectivity index (χ4n) is 1.51. The van der Waals surface area contributed by atoms with Crippen LogP contribution in [0.4, 0.5) is 0 Å². The number of hydrogen-bond donors (Lipinski definition) is 1. The van der Waals surface area contributed by atoms with Crippen LogP contribution in [0.25, 0.3) is 0 Å². The average molecular weight is 214 g/mol. The number of aliphatic hydroxyl groups is 1. The Morgan fingerprint density at radius 2 is 1.75 bits per heavy atom. The van der Waals surface area contributed by atoms with Gasteiger partial charge in [-0.3, -0.25) is 0 Å². The Labute approximate surface area is 95.1 Å². The zero-order chi connectivity index (χ0) is 11.4. The van der Waals surface area contributed by atoms with Gasteiger partial charge < -0.3 is 9.84 Å². The van der Waals surface area contributed by atoms with Crippen molar-refractivity contribution in [2.24, 2.45) is 0 Å². The van der Waals surface area contributed by atoms with E-state index in [9.17, 15) is 0 Å². The lowest BCUT2D eigenvalue weighted by Gasteiger charge is -2.08. The van der Waals surface area contributed by atoms with Crippen LogP contribution >= 0.6 is 0 Å². The molecule has 0 fully saturated rings. The Morgan fingerprint density at radius 1 is 1.00 bits per heavy atom. The highest BCUT2D eigenvalue weighted by Crippen LogP contribution is 2.23. The van der Waals surface area contributed by atoms with Crippen LogP contribution in [0, 0.1) is 6.92 Å². The SMILES string of the molecule is Cc1ccc(Oc2ccccc2)cc1CO. The Morgan fingerprint density at radius 3 is 2.44 bits per heavy atom. The minimum atomic E-state index is 0.0395. The molecule has 16 heavy (non-hydrogen) atoms. The van der Waals surface area contributed by atoms with Crippen molar-refractivity contribution in [3.8, 4) is 11.5 Å². The van der Waals surface area contributed by atoms with Crippen LogP contribution in [0.1, 0.15) is 11.1 Å². The van der Waals surface area contributed by atoms with Crippen LogP contribution in [-0.2, 0) is 6.61 Å². The number of aryl methyl sites for hydroxylation is 1. The van der Waals surface area contributed by atoms with Gasteiger partial charge in [0.15, 0.2) is 0 Å². The van der Waals surface area contributed by atoms with E-state index in [-0.39, 0.29) is 6.61 Å². The van der Waals surface area contributed by atoms with Gasteiger partial charge in [-0.1, -0.05) is 24.3 Å². The minimum absolute atomic E-state index is 0.0395. The highest BCUT2D eigenvalue weighted by Gasteiger charge is 2.01. The van der Waals surface area contributed by atoms with Gasteiger partial charge in [-0.05, 0) is 42.3 Å². The highest BCUT2D eigenvalue weighted by atomic mass is 16.5. The molecule has 0 bridgehead atoms. The van der Waals surface area contributed by atoms with Crippen LogP contribution < -0.4 is 4.74 Å². The van der Waals surface area contributed by atoms with Gasteiger partial charge in [0.25, 0.3) is 0 Å². The molecule has 2 rings (SSSR count). The third kappa shape index (κ3) is 2.41. The fourth-order valence-corrected chi connectivity index (χ4v) is 1.51. The van der Waals surface area contributed by atoms with E-state index in [2.05, 4.69) is 0 Å².